The number of benzene rings is 1. The predicted octanol–water partition coefficient (Wildman–Crippen LogP) is 2.23. The summed E-state index contributed by atoms with van der Waals surface area (Å²) in [7, 11) is 0. The molecule has 0 bridgehead atoms. The second-order valence-corrected chi connectivity index (χ2v) is 3.30. The van der Waals surface area contributed by atoms with Crippen LogP contribution in [-0.4, -0.2) is 6.54 Å². The lowest BCUT2D eigenvalue weighted by Crippen LogP contribution is -2.06. The molecule has 0 atom stereocenters. The predicted molar refractivity (Wildman–Crippen MR) is 46.8 cm³/mol. The van der Waals surface area contributed by atoms with Crippen molar-refractivity contribution >= 4 is 15.9 Å². The van der Waals surface area contributed by atoms with Crippen molar-refractivity contribution in [3.05, 3.63) is 33.8 Å². The van der Waals surface area contributed by atoms with Crippen LogP contribution < -0.4 is 5.73 Å². The van der Waals surface area contributed by atoms with Crippen LogP contribution in [0, 0.1) is 11.6 Å². The second-order valence-electron chi connectivity index (χ2n) is 2.39. The van der Waals surface area contributed by atoms with Crippen LogP contribution in [0.1, 0.15) is 5.56 Å². The van der Waals surface area contributed by atoms with Crippen LogP contribution >= 0.6 is 15.9 Å². The number of hydrogen-bond acceptors (Lipinski definition) is 1. The molecule has 0 aliphatic heterocycles. The zero-order valence-electron chi connectivity index (χ0n) is 6.28. The van der Waals surface area contributed by atoms with Crippen molar-refractivity contribution in [3.8, 4) is 0 Å². The van der Waals surface area contributed by atoms with Gasteiger partial charge in [-0.2, -0.15) is 0 Å². The summed E-state index contributed by atoms with van der Waals surface area (Å²) in [6, 6.07) is 2.46. The third-order valence-corrected chi connectivity index (χ3v) is 1.96. The van der Waals surface area contributed by atoms with E-state index in [1.807, 2.05) is 0 Å². The van der Waals surface area contributed by atoms with E-state index in [2.05, 4.69) is 15.9 Å². The van der Waals surface area contributed by atoms with E-state index in [4.69, 9.17) is 5.73 Å². The Kier molecular flexibility index (Phi) is 3.17. The van der Waals surface area contributed by atoms with Gasteiger partial charge in [-0.05, 0) is 25.1 Å². The van der Waals surface area contributed by atoms with Crippen LogP contribution in [-0.2, 0) is 6.42 Å². The summed E-state index contributed by atoms with van der Waals surface area (Å²) in [6.45, 7) is 0.246. The van der Waals surface area contributed by atoms with Crippen molar-refractivity contribution in [1.82, 2.24) is 0 Å². The first-order chi connectivity index (χ1) is 5.65. The third kappa shape index (κ3) is 2.01. The highest BCUT2D eigenvalue weighted by Crippen LogP contribution is 2.19. The van der Waals surface area contributed by atoms with Gasteiger partial charge in [0.25, 0.3) is 0 Å². The number of rotatable bonds is 2. The quantitative estimate of drug-likeness (QED) is 0.837. The average molecular weight is 236 g/mol. The van der Waals surface area contributed by atoms with Crippen LogP contribution in [0.2, 0.25) is 0 Å². The maximum atomic E-state index is 13.0. The van der Waals surface area contributed by atoms with Gasteiger partial charge in [0, 0.05) is 10.0 Å². The lowest BCUT2D eigenvalue weighted by molar-refractivity contribution is 0.554. The first-order valence-electron chi connectivity index (χ1n) is 3.48. The zero-order chi connectivity index (χ0) is 9.14. The topological polar surface area (TPSA) is 26.0 Å². The van der Waals surface area contributed by atoms with Crippen molar-refractivity contribution in [3.63, 3.8) is 0 Å². The Bertz CT molecular complexity index is 265. The average Bonchev–Trinajstić information content (AvgIpc) is 1.96. The Labute approximate surface area is 77.7 Å². The van der Waals surface area contributed by atoms with Crippen molar-refractivity contribution < 1.29 is 8.78 Å². The molecule has 0 aromatic heterocycles. The summed E-state index contributed by atoms with van der Waals surface area (Å²) in [5.41, 5.74) is 5.25. The highest BCUT2D eigenvalue weighted by Gasteiger charge is 2.08. The lowest BCUT2D eigenvalue weighted by atomic mass is 10.1. The second kappa shape index (κ2) is 3.96. The standard InChI is InChI=1S/C8H8BrF2N/c9-5-3-7(10)6(1-2-12)8(11)4-5/h3-4H,1-2,12H2. The van der Waals surface area contributed by atoms with E-state index < -0.39 is 11.6 Å². The fourth-order valence-electron chi connectivity index (χ4n) is 0.955. The SMILES string of the molecule is NCCc1c(F)cc(Br)cc1F. The molecule has 12 heavy (non-hydrogen) atoms. The van der Waals surface area contributed by atoms with Crippen molar-refractivity contribution in [1.29, 1.82) is 0 Å². The maximum absolute atomic E-state index is 13.0. The van der Waals surface area contributed by atoms with Gasteiger partial charge >= 0.3 is 0 Å². The normalized spacial score (nSPS) is 10.3. The Morgan fingerprint density at radius 3 is 2.17 bits per heavy atom. The Balaban J connectivity index is 3.10. The van der Waals surface area contributed by atoms with Gasteiger partial charge in [-0.15, -0.1) is 0 Å². The Hall–Kier alpha value is -0.480. The third-order valence-electron chi connectivity index (χ3n) is 1.50. The monoisotopic (exact) mass is 235 g/mol. The molecule has 0 aliphatic rings. The number of nitrogens with two attached hydrogens (primary N) is 1. The number of halogens is 3. The molecule has 0 fully saturated rings. The lowest BCUT2D eigenvalue weighted by Gasteiger charge is -2.03. The Morgan fingerprint density at radius 1 is 1.25 bits per heavy atom. The van der Waals surface area contributed by atoms with Crippen LogP contribution in [0.3, 0.4) is 0 Å². The Morgan fingerprint density at radius 2 is 1.75 bits per heavy atom. The molecule has 0 radical (unpaired) electrons. The minimum absolute atomic E-state index is 0.0562. The van der Waals surface area contributed by atoms with E-state index in [1.54, 1.807) is 0 Å². The van der Waals surface area contributed by atoms with Crippen LogP contribution in [0.4, 0.5) is 8.78 Å². The summed E-state index contributed by atoms with van der Waals surface area (Å²) in [5.74, 6) is -1.10. The first kappa shape index (κ1) is 9.61. The van der Waals surface area contributed by atoms with Gasteiger partial charge in [0.2, 0.25) is 0 Å². The molecule has 2 N–H and O–H groups in total. The van der Waals surface area contributed by atoms with E-state index >= 15 is 0 Å². The molecule has 0 unspecified atom stereocenters. The van der Waals surface area contributed by atoms with Gasteiger partial charge in [0.1, 0.15) is 11.6 Å². The van der Waals surface area contributed by atoms with Gasteiger partial charge in [-0.1, -0.05) is 15.9 Å². The molecular formula is C8H8BrF2N. The smallest absolute Gasteiger partial charge is 0.130 e. The van der Waals surface area contributed by atoms with E-state index in [0.29, 0.717) is 4.47 Å². The van der Waals surface area contributed by atoms with Gasteiger partial charge in [0.05, 0.1) is 0 Å². The molecule has 0 aliphatic carbocycles. The molecule has 0 spiro atoms. The molecule has 1 aromatic carbocycles. The summed E-state index contributed by atoms with van der Waals surface area (Å²) in [4.78, 5) is 0. The van der Waals surface area contributed by atoms with Crippen LogP contribution in [0.15, 0.2) is 16.6 Å². The van der Waals surface area contributed by atoms with Gasteiger partial charge in [0.15, 0.2) is 0 Å². The summed E-state index contributed by atoms with van der Waals surface area (Å²) in [5, 5.41) is 0. The van der Waals surface area contributed by atoms with E-state index in [0.717, 1.165) is 0 Å². The molecule has 1 aromatic rings. The van der Waals surface area contributed by atoms with Crippen molar-refractivity contribution in [2.45, 2.75) is 6.42 Å². The van der Waals surface area contributed by atoms with Crippen molar-refractivity contribution in [2.75, 3.05) is 6.54 Å². The molecule has 0 saturated carbocycles. The van der Waals surface area contributed by atoms with Crippen LogP contribution in [0.25, 0.3) is 0 Å². The molecule has 0 saturated heterocycles. The van der Waals surface area contributed by atoms with Crippen LogP contribution in [0.5, 0.6) is 0 Å². The van der Waals surface area contributed by atoms with Crippen molar-refractivity contribution in [2.24, 2.45) is 5.73 Å². The molecule has 1 nitrogen and oxygen atoms in total. The first-order valence-corrected chi connectivity index (χ1v) is 4.28. The maximum Gasteiger partial charge on any atom is 0.130 e. The van der Waals surface area contributed by atoms with Gasteiger partial charge in [-0.25, -0.2) is 8.78 Å². The largest absolute Gasteiger partial charge is 0.330 e. The minimum Gasteiger partial charge on any atom is -0.330 e. The number of hydrogen-bond donors (Lipinski definition) is 1. The van der Waals surface area contributed by atoms with Gasteiger partial charge < -0.3 is 5.73 Å². The highest BCUT2D eigenvalue weighted by atomic mass is 79.9. The molecule has 66 valence electrons. The van der Waals surface area contributed by atoms with E-state index in [1.165, 1.54) is 12.1 Å². The van der Waals surface area contributed by atoms with E-state index in [-0.39, 0.29) is 18.5 Å². The summed E-state index contributed by atoms with van der Waals surface area (Å²) >= 11 is 2.99. The minimum atomic E-state index is -0.549. The molecule has 1 rings (SSSR count). The fraction of sp³-hybridized carbons (Fsp3) is 0.250. The van der Waals surface area contributed by atoms with E-state index in [9.17, 15) is 8.78 Å². The molecular weight excluding hydrogens is 228 g/mol. The molecule has 0 heterocycles. The zero-order valence-corrected chi connectivity index (χ0v) is 7.87. The summed E-state index contributed by atoms with van der Waals surface area (Å²) in [6.07, 6.45) is 0.227. The molecule has 0 amide bonds. The summed E-state index contributed by atoms with van der Waals surface area (Å²) < 4.78 is 26.3. The molecule has 4 heteroatoms. The van der Waals surface area contributed by atoms with Gasteiger partial charge in [-0.3, -0.25) is 0 Å². The fourth-order valence-corrected chi connectivity index (χ4v) is 1.36. The highest BCUT2D eigenvalue weighted by molar-refractivity contribution is 9.10.